The molecule has 1 aromatic carbocycles. The largest absolute Gasteiger partial charge is 0.369 e. The van der Waals surface area contributed by atoms with Gasteiger partial charge in [0.15, 0.2) is 11.6 Å². The predicted octanol–water partition coefficient (Wildman–Crippen LogP) is 1.00. The summed E-state index contributed by atoms with van der Waals surface area (Å²) in [5.74, 6) is -1.93. The van der Waals surface area contributed by atoms with Crippen LogP contribution in [0, 0.1) is 11.6 Å². The second-order valence-corrected chi connectivity index (χ2v) is 5.11. The average molecular weight is 283 g/mol. The first-order valence-corrected chi connectivity index (χ1v) is 6.73. The Morgan fingerprint density at radius 1 is 1.35 bits per heavy atom. The van der Waals surface area contributed by atoms with Crippen LogP contribution >= 0.6 is 0 Å². The summed E-state index contributed by atoms with van der Waals surface area (Å²) < 4.78 is 26.6. The van der Waals surface area contributed by atoms with Gasteiger partial charge in [0, 0.05) is 31.2 Å². The molecule has 3 N–H and O–H groups in total. The first-order chi connectivity index (χ1) is 9.56. The van der Waals surface area contributed by atoms with Crippen molar-refractivity contribution in [2.75, 3.05) is 19.6 Å². The first kappa shape index (κ1) is 14.9. The summed E-state index contributed by atoms with van der Waals surface area (Å²) in [6, 6.07) is 4.45. The van der Waals surface area contributed by atoms with E-state index >= 15 is 0 Å². The van der Waals surface area contributed by atoms with Crippen molar-refractivity contribution in [1.82, 2.24) is 10.2 Å². The molecule has 0 atom stereocenters. The third-order valence-corrected chi connectivity index (χ3v) is 3.58. The van der Waals surface area contributed by atoms with E-state index in [1.54, 1.807) is 6.07 Å². The topological polar surface area (TPSA) is 58.4 Å². The highest BCUT2D eigenvalue weighted by atomic mass is 19.2. The van der Waals surface area contributed by atoms with Crippen LogP contribution in [-0.4, -0.2) is 36.5 Å². The summed E-state index contributed by atoms with van der Waals surface area (Å²) in [6.07, 6.45) is 1.73. The van der Waals surface area contributed by atoms with E-state index in [4.69, 9.17) is 5.73 Å². The van der Waals surface area contributed by atoms with Gasteiger partial charge in [0.2, 0.25) is 5.91 Å². The molecule has 0 saturated carbocycles. The maximum Gasteiger partial charge on any atom is 0.231 e. The molecule has 0 aliphatic carbocycles. The quantitative estimate of drug-likeness (QED) is 0.848. The van der Waals surface area contributed by atoms with Crippen molar-refractivity contribution in [1.29, 1.82) is 0 Å². The van der Waals surface area contributed by atoms with Crippen LogP contribution in [0.5, 0.6) is 0 Å². The molecule has 0 bridgehead atoms. The fourth-order valence-electron chi connectivity index (χ4n) is 2.45. The van der Waals surface area contributed by atoms with E-state index in [1.165, 1.54) is 6.07 Å². The summed E-state index contributed by atoms with van der Waals surface area (Å²) in [6.45, 7) is 2.16. The number of rotatable bonds is 5. The summed E-state index contributed by atoms with van der Waals surface area (Å²) in [4.78, 5) is 12.8. The molecule has 1 fully saturated rings. The molecule has 0 unspecified atom stereocenters. The van der Waals surface area contributed by atoms with Gasteiger partial charge in [-0.25, -0.2) is 8.78 Å². The summed E-state index contributed by atoms with van der Waals surface area (Å²) in [5.41, 5.74) is 5.49. The average Bonchev–Trinajstić information content (AvgIpc) is 2.41. The zero-order valence-electron chi connectivity index (χ0n) is 11.2. The Morgan fingerprint density at radius 3 is 2.70 bits per heavy atom. The zero-order chi connectivity index (χ0) is 14.5. The van der Waals surface area contributed by atoms with E-state index in [2.05, 4.69) is 5.32 Å². The van der Waals surface area contributed by atoms with Gasteiger partial charge in [-0.05, 0) is 18.9 Å². The van der Waals surface area contributed by atoms with Crippen molar-refractivity contribution >= 4 is 5.91 Å². The fraction of sp³-hybridized carbons (Fsp3) is 0.500. The minimum absolute atomic E-state index is 0.252. The minimum atomic E-state index is -0.819. The van der Waals surface area contributed by atoms with Gasteiger partial charge in [0.25, 0.3) is 0 Å². The van der Waals surface area contributed by atoms with Gasteiger partial charge >= 0.3 is 0 Å². The van der Waals surface area contributed by atoms with E-state index in [-0.39, 0.29) is 18.5 Å². The van der Waals surface area contributed by atoms with Crippen LogP contribution < -0.4 is 11.1 Å². The van der Waals surface area contributed by atoms with Crippen LogP contribution in [0.2, 0.25) is 0 Å². The lowest BCUT2D eigenvalue weighted by Crippen LogP contribution is -2.45. The van der Waals surface area contributed by atoms with Crippen LogP contribution in [-0.2, 0) is 11.3 Å². The third-order valence-electron chi connectivity index (χ3n) is 3.58. The van der Waals surface area contributed by atoms with Crippen LogP contribution in [0.3, 0.4) is 0 Å². The van der Waals surface area contributed by atoms with Crippen molar-refractivity contribution in [3.05, 3.63) is 35.4 Å². The number of benzene rings is 1. The highest BCUT2D eigenvalue weighted by Gasteiger charge is 2.20. The fourth-order valence-corrected chi connectivity index (χ4v) is 2.45. The Balaban J connectivity index is 1.79. The van der Waals surface area contributed by atoms with Crippen molar-refractivity contribution in [3.63, 3.8) is 0 Å². The molecule has 1 aromatic rings. The van der Waals surface area contributed by atoms with Crippen molar-refractivity contribution < 1.29 is 13.6 Å². The smallest absolute Gasteiger partial charge is 0.231 e. The lowest BCUT2D eigenvalue weighted by atomic mass is 10.0. The highest BCUT2D eigenvalue weighted by Crippen LogP contribution is 2.14. The summed E-state index contributed by atoms with van der Waals surface area (Å²) in [7, 11) is 0. The number of carbonyl (C=O) groups is 1. The van der Waals surface area contributed by atoms with E-state index in [9.17, 15) is 13.6 Å². The third kappa shape index (κ3) is 3.98. The zero-order valence-corrected chi connectivity index (χ0v) is 11.2. The lowest BCUT2D eigenvalue weighted by molar-refractivity contribution is -0.119. The Labute approximate surface area is 116 Å². The monoisotopic (exact) mass is 283 g/mol. The second-order valence-electron chi connectivity index (χ2n) is 5.11. The molecule has 1 heterocycles. The number of halogens is 2. The number of carbonyl (C=O) groups excluding carboxylic acids is 1. The van der Waals surface area contributed by atoms with Gasteiger partial charge in [-0.2, -0.15) is 0 Å². The molecule has 2 rings (SSSR count). The molecule has 0 aromatic heterocycles. The number of hydrogen-bond donors (Lipinski definition) is 2. The number of amides is 1. The number of nitrogens with two attached hydrogens (primary N) is 1. The molecule has 1 aliphatic rings. The molecule has 1 amide bonds. The first-order valence-electron chi connectivity index (χ1n) is 6.73. The number of primary amides is 1. The number of likely N-dealkylation sites (tertiary alicyclic amines) is 1. The van der Waals surface area contributed by atoms with Gasteiger partial charge in [-0.3, -0.25) is 9.69 Å². The lowest BCUT2D eigenvalue weighted by Gasteiger charge is -2.31. The normalized spacial score (nSPS) is 17.3. The second kappa shape index (κ2) is 6.76. The number of hydrogen-bond acceptors (Lipinski definition) is 3. The Morgan fingerprint density at radius 2 is 2.05 bits per heavy atom. The van der Waals surface area contributed by atoms with Gasteiger partial charge in [0.1, 0.15) is 0 Å². The molecule has 1 aliphatic heterocycles. The Bertz CT molecular complexity index is 473. The Kier molecular flexibility index (Phi) is 5.03. The van der Waals surface area contributed by atoms with Gasteiger partial charge in [0.05, 0.1) is 6.54 Å². The van der Waals surface area contributed by atoms with E-state index in [0.717, 1.165) is 32.0 Å². The van der Waals surface area contributed by atoms with Crippen molar-refractivity contribution in [2.45, 2.75) is 25.4 Å². The SMILES string of the molecule is NC(=O)CN1CCC(NCc2cccc(F)c2F)CC1. The molecule has 20 heavy (non-hydrogen) atoms. The Hall–Kier alpha value is -1.53. The minimum Gasteiger partial charge on any atom is -0.369 e. The number of piperidine rings is 1. The molecule has 1 saturated heterocycles. The molecular weight excluding hydrogens is 264 g/mol. The molecule has 0 spiro atoms. The van der Waals surface area contributed by atoms with Crippen LogP contribution in [0.25, 0.3) is 0 Å². The summed E-state index contributed by atoms with van der Waals surface area (Å²) >= 11 is 0. The maximum absolute atomic E-state index is 13.5. The maximum atomic E-state index is 13.5. The van der Waals surface area contributed by atoms with Gasteiger partial charge in [-0.1, -0.05) is 12.1 Å². The molecule has 6 heteroatoms. The van der Waals surface area contributed by atoms with Crippen LogP contribution in [0.1, 0.15) is 18.4 Å². The molecule has 0 radical (unpaired) electrons. The van der Waals surface area contributed by atoms with E-state index in [1.807, 2.05) is 4.90 Å². The van der Waals surface area contributed by atoms with Gasteiger partial charge in [-0.15, -0.1) is 0 Å². The standard InChI is InChI=1S/C14H19F2N3O/c15-12-3-1-2-10(14(12)16)8-18-11-4-6-19(7-5-11)9-13(17)20/h1-3,11,18H,4-9H2,(H2,17,20). The van der Waals surface area contributed by atoms with Crippen LogP contribution in [0.4, 0.5) is 8.78 Å². The van der Waals surface area contributed by atoms with Gasteiger partial charge < -0.3 is 11.1 Å². The van der Waals surface area contributed by atoms with E-state index in [0.29, 0.717) is 12.1 Å². The number of nitrogens with zero attached hydrogens (tertiary/aromatic N) is 1. The molecule has 4 nitrogen and oxygen atoms in total. The van der Waals surface area contributed by atoms with Crippen molar-refractivity contribution in [2.24, 2.45) is 5.73 Å². The molecular formula is C14H19F2N3O. The summed E-state index contributed by atoms with van der Waals surface area (Å²) in [5, 5.41) is 3.23. The van der Waals surface area contributed by atoms with E-state index < -0.39 is 11.6 Å². The van der Waals surface area contributed by atoms with Crippen LogP contribution in [0.15, 0.2) is 18.2 Å². The molecule has 110 valence electrons. The van der Waals surface area contributed by atoms with Crippen molar-refractivity contribution in [3.8, 4) is 0 Å². The predicted molar refractivity (Wildman–Crippen MR) is 71.9 cm³/mol. The number of nitrogens with one attached hydrogen (secondary N) is 1. The highest BCUT2D eigenvalue weighted by molar-refractivity contribution is 5.75.